The molecule has 0 radical (unpaired) electrons. The van der Waals surface area contributed by atoms with E-state index >= 15 is 0 Å². The number of hydrogen-bond acceptors (Lipinski definition) is 5. The Morgan fingerprint density at radius 1 is 1.33 bits per heavy atom. The molecule has 1 amide bonds. The quantitative estimate of drug-likeness (QED) is 0.947. The number of ether oxygens (including phenoxy) is 2. The highest BCUT2D eigenvalue weighted by atomic mass is 32.1. The molecule has 1 N–H and O–H groups in total. The third-order valence-electron chi connectivity index (χ3n) is 3.23. The van der Waals surface area contributed by atoms with Crippen LogP contribution in [0.15, 0.2) is 23.6 Å². The van der Waals surface area contributed by atoms with Crippen LogP contribution in [0.25, 0.3) is 0 Å². The number of carbonyl (C=O) groups excluding carboxylic acids is 1. The van der Waals surface area contributed by atoms with Gasteiger partial charge in [-0.1, -0.05) is 0 Å². The lowest BCUT2D eigenvalue weighted by Crippen LogP contribution is -2.27. The first kappa shape index (κ1) is 13.9. The van der Waals surface area contributed by atoms with Gasteiger partial charge in [-0.05, 0) is 32.0 Å². The maximum atomic E-state index is 12.3. The van der Waals surface area contributed by atoms with Crippen molar-refractivity contribution >= 4 is 17.2 Å². The number of thiazole rings is 1. The highest BCUT2D eigenvalue weighted by molar-refractivity contribution is 7.09. The number of nitrogens with zero attached hydrogens (tertiary/aromatic N) is 1. The number of fused-ring (bicyclic) bond motifs is 1. The smallest absolute Gasteiger partial charge is 0.251 e. The van der Waals surface area contributed by atoms with Gasteiger partial charge in [-0.15, -0.1) is 11.3 Å². The fourth-order valence-corrected chi connectivity index (χ4v) is 2.82. The molecule has 1 aromatic carbocycles. The van der Waals surface area contributed by atoms with Crippen molar-refractivity contribution in [3.63, 3.8) is 0 Å². The highest BCUT2D eigenvalue weighted by Crippen LogP contribution is 2.30. The van der Waals surface area contributed by atoms with Gasteiger partial charge in [-0.2, -0.15) is 0 Å². The molecule has 21 heavy (non-hydrogen) atoms. The predicted octanol–water partition coefficient (Wildman–Crippen LogP) is 2.71. The van der Waals surface area contributed by atoms with Crippen LogP contribution in [0.5, 0.6) is 11.5 Å². The van der Waals surface area contributed by atoms with Crippen molar-refractivity contribution in [2.24, 2.45) is 0 Å². The zero-order valence-electron chi connectivity index (χ0n) is 11.9. The fourth-order valence-electron chi connectivity index (χ4n) is 2.12. The molecule has 6 heteroatoms. The average Bonchev–Trinajstić information content (AvgIpc) is 2.93. The Kier molecular flexibility index (Phi) is 3.79. The molecule has 0 spiro atoms. The lowest BCUT2D eigenvalue weighted by atomic mass is 10.1. The molecule has 2 aromatic rings. The first-order valence-electron chi connectivity index (χ1n) is 6.76. The zero-order valence-corrected chi connectivity index (χ0v) is 12.7. The van der Waals surface area contributed by atoms with E-state index in [9.17, 15) is 4.79 Å². The Hall–Kier alpha value is -2.08. The van der Waals surface area contributed by atoms with Gasteiger partial charge in [0, 0.05) is 10.9 Å². The molecule has 1 aliphatic rings. The molecule has 3 rings (SSSR count). The van der Waals surface area contributed by atoms with Crippen LogP contribution >= 0.6 is 11.3 Å². The van der Waals surface area contributed by atoms with Gasteiger partial charge in [0.1, 0.15) is 13.2 Å². The molecule has 1 aliphatic heterocycles. The minimum atomic E-state index is -0.148. The van der Waals surface area contributed by atoms with Gasteiger partial charge in [0.2, 0.25) is 0 Å². The molecular formula is C15H16N2O3S. The summed E-state index contributed by atoms with van der Waals surface area (Å²) in [4.78, 5) is 16.7. The number of amides is 1. The predicted molar refractivity (Wildman–Crippen MR) is 80.2 cm³/mol. The van der Waals surface area contributed by atoms with Crippen LogP contribution in [-0.4, -0.2) is 24.1 Å². The van der Waals surface area contributed by atoms with Crippen molar-refractivity contribution in [2.75, 3.05) is 13.2 Å². The molecular weight excluding hydrogens is 288 g/mol. The second kappa shape index (κ2) is 5.73. The second-order valence-electron chi connectivity index (χ2n) is 4.84. The maximum absolute atomic E-state index is 12.3. The zero-order chi connectivity index (χ0) is 14.8. The van der Waals surface area contributed by atoms with Gasteiger partial charge in [0.25, 0.3) is 5.91 Å². The molecule has 2 heterocycles. The normalized spacial score (nSPS) is 14.6. The van der Waals surface area contributed by atoms with E-state index in [0.29, 0.717) is 30.3 Å². The number of carbonyl (C=O) groups is 1. The Labute approximate surface area is 126 Å². The Morgan fingerprint density at radius 3 is 2.81 bits per heavy atom. The van der Waals surface area contributed by atoms with Crippen molar-refractivity contribution in [3.8, 4) is 11.5 Å². The first-order valence-corrected chi connectivity index (χ1v) is 7.64. The summed E-state index contributed by atoms with van der Waals surface area (Å²) in [7, 11) is 0. The van der Waals surface area contributed by atoms with Crippen molar-refractivity contribution in [1.29, 1.82) is 0 Å². The lowest BCUT2D eigenvalue weighted by Gasteiger charge is -2.19. The SMILES string of the molecule is Cc1nc(C(C)NC(=O)c2ccc3c(c2)OCCO3)cs1. The van der Waals surface area contributed by atoms with Crippen LogP contribution in [-0.2, 0) is 0 Å². The van der Waals surface area contributed by atoms with Crippen LogP contribution in [0.2, 0.25) is 0 Å². The van der Waals surface area contributed by atoms with Crippen molar-refractivity contribution in [2.45, 2.75) is 19.9 Å². The summed E-state index contributed by atoms with van der Waals surface area (Å²) in [5, 5.41) is 5.89. The molecule has 1 aromatic heterocycles. The summed E-state index contributed by atoms with van der Waals surface area (Å²) in [6.45, 7) is 4.92. The van der Waals surface area contributed by atoms with Gasteiger partial charge in [0.05, 0.1) is 16.7 Å². The van der Waals surface area contributed by atoms with Gasteiger partial charge >= 0.3 is 0 Å². The molecule has 110 valence electrons. The Morgan fingerprint density at radius 2 is 2.10 bits per heavy atom. The molecule has 0 aliphatic carbocycles. The summed E-state index contributed by atoms with van der Waals surface area (Å²) in [6.07, 6.45) is 0. The Balaban J connectivity index is 1.73. The molecule has 0 bridgehead atoms. The first-order chi connectivity index (χ1) is 10.1. The second-order valence-corrected chi connectivity index (χ2v) is 5.91. The van der Waals surface area contributed by atoms with Gasteiger partial charge in [-0.3, -0.25) is 4.79 Å². The summed E-state index contributed by atoms with van der Waals surface area (Å²) in [5.41, 5.74) is 1.43. The van der Waals surface area contributed by atoms with Crippen LogP contribution in [0.4, 0.5) is 0 Å². The number of hydrogen-bond donors (Lipinski definition) is 1. The number of nitrogens with one attached hydrogen (secondary N) is 1. The van der Waals surface area contributed by atoms with E-state index in [0.717, 1.165) is 10.7 Å². The van der Waals surface area contributed by atoms with Crippen LogP contribution in [0.3, 0.4) is 0 Å². The van der Waals surface area contributed by atoms with E-state index in [1.807, 2.05) is 19.2 Å². The fraction of sp³-hybridized carbons (Fsp3) is 0.333. The minimum Gasteiger partial charge on any atom is -0.486 e. The minimum absolute atomic E-state index is 0.129. The largest absolute Gasteiger partial charge is 0.486 e. The van der Waals surface area contributed by atoms with E-state index in [-0.39, 0.29) is 11.9 Å². The standard InChI is InChI=1S/C15H16N2O3S/c1-9(12-8-21-10(2)17-12)16-15(18)11-3-4-13-14(7-11)20-6-5-19-13/h3-4,7-9H,5-6H2,1-2H3,(H,16,18). The average molecular weight is 304 g/mol. The molecule has 5 nitrogen and oxygen atoms in total. The van der Waals surface area contributed by atoms with Crippen molar-refractivity contribution < 1.29 is 14.3 Å². The molecule has 0 saturated carbocycles. The molecule has 1 atom stereocenters. The van der Waals surface area contributed by atoms with Gasteiger partial charge in [-0.25, -0.2) is 4.98 Å². The van der Waals surface area contributed by atoms with Crippen LogP contribution < -0.4 is 14.8 Å². The van der Waals surface area contributed by atoms with Crippen LogP contribution in [0, 0.1) is 6.92 Å². The monoisotopic (exact) mass is 304 g/mol. The van der Waals surface area contributed by atoms with E-state index < -0.39 is 0 Å². The number of aromatic nitrogens is 1. The topological polar surface area (TPSA) is 60.5 Å². The van der Waals surface area contributed by atoms with E-state index in [4.69, 9.17) is 9.47 Å². The van der Waals surface area contributed by atoms with E-state index in [1.165, 1.54) is 0 Å². The third-order valence-corrected chi connectivity index (χ3v) is 4.02. The molecule has 0 saturated heterocycles. The molecule has 1 unspecified atom stereocenters. The van der Waals surface area contributed by atoms with Gasteiger partial charge < -0.3 is 14.8 Å². The van der Waals surface area contributed by atoms with Crippen molar-refractivity contribution in [3.05, 3.63) is 39.8 Å². The summed E-state index contributed by atoms with van der Waals surface area (Å²) in [5.74, 6) is 1.15. The van der Waals surface area contributed by atoms with E-state index in [2.05, 4.69) is 10.3 Å². The summed E-state index contributed by atoms with van der Waals surface area (Å²) < 4.78 is 10.9. The number of benzene rings is 1. The molecule has 0 fully saturated rings. The summed E-state index contributed by atoms with van der Waals surface area (Å²) >= 11 is 1.58. The third kappa shape index (κ3) is 3.00. The highest BCUT2D eigenvalue weighted by Gasteiger charge is 2.17. The van der Waals surface area contributed by atoms with Crippen LogP contribution in [0.1, 0.15) is 34.0 Å². The lowest BCUT2D eigenvalue weighted by molar-refractivity contribution is 0.0938. The van der Waals surface area contributed by atoms with E-state index in [1.54, 1.807) is 29.5 Å². The summed E-state index contributed by atoms with van der Waals surface area (Å²) in [6, 6.07) is 5.09. The Bertz CT molecular complexity index is 669. The van der Waals surface area contributed by atoms with Gasteiger partial charge in [0.15, 0.2) is 11.5 Å². The maximum Gasteiger partial charge on any atom is 0.251 e. The number of aryl methyl sites for hydroxylation is 1. The number of rotatable bonds is 3. The van der Waals surface area contributed by atoms with Crippen molar-refractivity contribution in [1.82, 2.24) is 10.3 Å².